The molecule has 0 bridgehead atoms. The van der Waals surface area contributed by atoms with Gasteiger partial charge < -0.3 is 15.2 Å². The topological polar surface area (TPSA) is 57.4 Å². The highest BCUT2D eigenvalue weighted by atomic mass is 19.4. The minimum atomic E-state index is -4.43. The molecule has 0 unspecified atom stereocenters. The van der Waals surface area contributed by atoms with Crippen LogP contribution in [0.25, 0.3) is 0 Å². The van der Waals surface area contributed by atoms with Crippen LogP contribution < -0.4 is 15.2 Å². The third-order valence-electron chi connectivity index (χ3n) is 2.41. The van der Waals surface area contributed by atoms with Crippen molar-refractivity contribution in [1.29, 1.82) is 0 Å². The van der Waals surface area contributed by atoms with Gasteiger partial charge in [-0.2, -0.15) is 18.2 Å². The fourth-order valence-electron chi connectivity index (χ4n) is 1.53. The maximum absolute atomic E-state index is 12.6. The average Bonchev–Trinajstić information content (AvgIpc) is 2.37. The molecule has 0 fully saturated rings. The lowest BCUT2D eigenvalue weighted by Gasteiger charge is -2.10. The van der Waals surface area contributed by atoms with Crippen molar-refractivity contribution in [3.8, 4) is 17.4 Å². The van der Waals surface area contributed by atoms with Gasteiger partial charge in [-0.1, -0.05) is 6.07 Å². The Kier molecular flexibility index (Phi) is 3.69. The Balaban J connectivity index is 2.28. The molecule has 1 aromatic heterocycles. The van der Waals surface area contributed by atoms with Gasteiger partial charge in [0.2, 0.25) is 5.88 Å². The van der Waals surface area contributed by atoms with E-state index in [0.29, 0.717) is 5.75 Å². The summed E-state index contributed by atoms with van der Waals surface area (Å²) in [6.45, 7) is 0. The third-order valence-corrected chi connectivity index (χ3v) is 2.41. The Labute approximate surface area is 113 Å². The predicted molar refractivity (Wildman–Crippen MR) is 66.7 cm³/mol. The second-order valence-corrected chi connectivity index (χ2v) is 3.90. The lowest BCUT2D eigenvalue weighted by molar-refractivity contribution is -0.137. The molecule has 7 heteroatoms. The Bertz CT molecular complexity index is 615. The molecule has 1 aromatic carbocycles. The summed E-state index contributed by atoms with van der Waals surface area (Å²) in [7, 11) is 1.43. The highest BCUT2D eigenvalue weighted by Gasteiger charge is 2.30. The van der Waals surface area contributed by atoms with Crippen LogP contribution in [-0.2, 0) is 6.18 Å². The van der Waals surface area contributed by atoms with E-state index in [9.17, 15) is 13.2 Å². The second kappa shape index (κ2) is 5.28. The van der Waals surface area contributed by atoms with Crippen molar-refractivity contribution in [1.82, 2.24) is 4.98 Å². The predicted octanol–water partition coefficient (Wildman–Crippen LogP) is 3.48. The Morgan fingerprint density at radius 2 is 1.85 bits per heavy atom. The number of ether oxygens (including phenoxy) is 2. The fraction of sp³-hybridized carbons (Fsp3) is 0.154. The normalized spacial score (nSPS) is 11.2. The summed E-state index contributed by atoms with van der Waals surface area (Å²) in [5, 5.41) is 0. The van der Waals surface area contributed by atoms with Gasteiger partial charge in [-0.25, -0.2) is 0 Å². The lowest BCUT2D eigenvalue weighted by Crippen LogP contribution is -2.04. The summed E-state index contributed by atoms with van der Waals surface area (Å²) < 4.78 is 48.0. The van der Waals surface area contributed by atoms with Crippen LogP contribution in [0.1, 0.15) is 5.56 Å². The van der Waals surface area contributed by atoms with Crippen molar-refractivity contribution in [3.05, 3.63) is 42.0 Å². The molecule has 4 nitrogen and oxygen atoms in total. The number of alkyl halides is 3. The molecule has 106 valence electrons. The van der Waals surface area contributed by atoms with Crippen molar-refractivity contribution < 1.29 is 22.6 Å². The van der Waals surface area contributed by atoms with Gasteiger partial charge in [0.05, 0.1) is 12.7 Å². The molecule has 0 radical (unpaired) electrons. The van der Waals surface area contributed by atoms with E-state index < -0.39 is 11.7 Å². The minimum Gasteiger partial charge on any atom is -0.496 e. The highest BCUT2D eigenvalue weighted by Crippen LogP contribution is 2.33. The maximum atomic E-state index is 12.6. The summed E-state index contributed by atoms with van der Waals surface area (Å²) in [4.78, 5) is 3.86. The molecule has 0 spiro atoms. The minimum absolute atomic E-state index is 0.0139. The molecule has 0 aliphatic rings. The number of halogens is 3. The quantitative estimate of drug-likeness (QED) is 0.937. The van der Waals surface area contributed by atoms with Crippen LogP contribution in [0, 0.1) is 0 Å². The summed E-state index contributed by atoms with van der Waals surface area (Å²) in [5.74, 6) is 0.618. The Morgan fingerprint density at radius 3 is 2.50 bits per heavy atom. The molecule has 20 heavy (non-hydrogen) atoms. The zero-order valence-electron chi connectivity index (χ0n) is 10.4. The van der Waals surface area contributed by atoms with E-state index in [1.165, 1.54) is 31.4 Å². The largest absolute Gasteiger partial charge is 0.496 e. The first-order valence-electron chi connectivity index (χ1n) is 5.55. The molecule has 0 aliphatic carbocycles. The Hall–Kier alpha value is -2.44. The van der Waals surface area contributed by atoms with Gasteiger partial charge in [-0.05, 0) is 18.2 Å². The molecule has 0 atom stereocenters. The molecule has 2 N–H and O–H groups in total. The Morgan fingerprint density at radius 1 is 1.10 bits per heavy atom. The van der Waals surface area contributed by atoms with Crippen LogP contribution >= 0.6 is 0 Å². The van der Waals surface area contributed by atoms with Gasteiger partial charge in [0.1, 0.15) is 17.3 Å². The van der Waals surface area contributed by atoms with Crippen LogP contribution in [0.3, 0.4) is 0 Å². The smallest absolute Gasteiger partial charge is 0.416 e. The standard InChI is InChI=1S/C13H11F3N2O2/c1-19-10-6-11(17)18-12(7-10)20-9-4-2-3-8(5-9)13(14,15)16/h2-7H,1H3,(H2,17,18). The summed E-state index contributed by atoms with van der Waals surface area (Å²) in [6.07, 6.45) is -4.43. The van der Waals surface area contributed by atoms with Gasteiger partial charge in [0.15, 0.2) is 0 Å². The molecular formula is C13H11F3N2O2. The van der Waals surface area contributed by atoms with Crippen LogP contribution in [0.5, 0.6) is 17.4 Å². The van der Waals surface area contributed by atoms with Crippen LogP contribution in [0.15, 0.2) is 36.4 Å². The number of benzene rings is 1. The molecular weight excluding hydrogens is 273 g/mol. The van der Waals surface area contributed by atoms with Crippen molar-refractivity contribution in [2.24, 2.45) is 0 Å². The zero-order chi connectivity index (χ0) is 14.8. The summed E-state index contributed by atoms with van der Waals surface area (Å²) in [6, 6.07) is 7.39. The maximum Gasteiger partial charge on any atom is 0.416 e. The highest BCUT2D eigenvalue weighted by molar-refractivity contribution is 5.42. The number of nitrogen functional groups attached to an aromatic ring is 1. The fourth-order valence-corrected chi connectivity index (χ4v) is 1.53. The van der Waals surface area contributed by atoms with Gasteiger partial charge in [0, 0.05) is 12.1 Å². The first-order chi connectivity index (χ1) is 9.38. The van der Waals surface area contributed by atoms with Gasteiger partial charge in [-0.15, -0.1) is 0 Å². The number of nitrogens with zero attached hydrogens (tertiary/aromatic N) is 1. The van der Waals surface area contributed by atoms with E-state index in [2.05, 4.69) is 4.98 Å². The molecule has 0 aliphatic heterocycles. The van der Waals surface area contributed by atoms with E-state index in [0.717, 1.165) is 12.1 Å². The zero-order valence-corrected chi connectivity index (χ0v) is 10.4. The molecule has 0 saturated heterocycles. The van der Waals surface area contributed by atoms with Crippen LogP contribution in [0.4, 0.5) is 19.0 Å². The van der Waals surface area contributed by atoms with Crippen molar-refractivity contribution in [2.75, 3.05) is 12.8 Å². The van der Waals surface area contributed by atoms with E-state index in [-0.39, 0.29) is 17.4 Å². The van der Waals surface area contributed by atoms with Gasteiger partial charge in [0.25, 0.3) is 0 Å². The van der Waals surface area contributed by atoms with Crippen molar-refractivity contribution in [3.63, 3.8) is 0 Å². The van der Waals surface area contributed by atoms with Crippen LogP contribution in [-0.4, -0.2) is 12.1 Å². The second-order valence-electron chi connectivity index (χ2n) is 3.90. The van der Waals surface area contributed by atoms with E-state index in [1.807, 2.05) is 0 Å². The van der Waals surface area contributed by atoms with E-state index in [4.69, 9.17) is 15.2 Å². The third kappa shape index (κ3) is 3.31. The van der Waals surface area contributed by atoms with E-state index >= 15 is 0 Å². The summed E-state index contributed by atoms with van der Waals surface area (Å²) in [5.41, 5.74) is 4.74. The number of hydrogen-bond donors (Lipinski definition) is 1. The molecule has 2 rings (SSSR count). The van der Waals surface area contributed by atoms with Crippen LogP contribution in [0.2, 0.25) is 0 Å². The lowest BCUT2D eigenvalue weighted by atomic mass is 10.2. The molecule has 0 amide bonds. The van der Waals surface area contributed by atoms with Gasteiger partial charge in [-0.3, -0.25) is 0 Å². The number of hydrogen-bond acceptors (Lipinski definition) is 4. The first-order valence-corrected chi connectivity index (χ1v) is 5.55. The average molecular weight is 284 g/mol. The molecule has 2 aromatic rings. The number of pyridine rings is 1. The SMILES string of the molecule is COc1cc(N)nc(Oc2cccc(C(F)(F)F)c2)c1. The molecule has 0 saturated carbocycles. The summed E-state index contributed by atoms with van der Waals surface area (Å²) >= 11 is 0. The van der Waals surface area contributed by atoms with Gasteiger partial charge >= 0.3 is 6.18 Å². The molecule has 1 heterocycles. The number of anilines is 1. The number of rotatable bonds is 3. The monoisotopic (exact) mass is 284 g/mol. The van der Waals surface area contributed by atoms with Crippen molar-refractivity contribution >= 4 is 5.82 Å². The first kappa shape index (κ1) is 14.0. The number of methoxy groups -OCH3 is 1. The van der Waals surface area contributed by atoms with Crippen molar-refractivity contribution in [2.45, 2.75) is 6.18 Å². The number of aromatic nitrogens is 1. The number of nitrogens with two attached hydrogens (primary N) is 1. The van der Waals surface area contributed by atoms with E-state index in [1.54, 1.807) is 0 Å².